The molecule has 1 aromatic carbocycles. The molecule has 0 unspecified atom stereocenters. The van der Waals surface area contributed by atoms with Crippen LogP contribution in [-0.2, 0) is 6.54 Å². The fraction of sp³-hybridized carbons (Fsp3) is 0.308. The van der Waals surface area contributed by atoms with E-state index in [2.05, 4.69) is 20.0 Å². The second-order valence-corrected chi connectivity index (χ2v) is 8.29. The van der Waals surface area contributed by atoms with Crippen LogP contribution in [0.15, 0.2) is 59.5 Å². The molecule has 1 aliphatic heterocycles. The fourth-order valence-electron chi connectivity index (χ4n) is 4.46. The maximum absolute atomic E-state index is 5.70. The van der Waals surface area contributed by atoms with Crippen molar-refractivity contribution < 1.29 is 18.7 Å². The first-order valence-corrected chi connectivity index (χ1v) is 11.4. The highest BCUT2D eigenvalue weighted by molar-refractivity contribution is 5.62. The monoisotopic (exact) mass is 473 g/mol. The van der Waals surface area contributed by atoms with E-state index in [1.165, 1.54) is 0 Å². The van der Waals surface area contributed by atoms with Crippen LogP contribution < -0.4 is 14.2 Å². The number of nitrogens with zero attached hydrogens (tertiary/aromatic N) is 5. The van der Waals surface area contributed by atoms with E-state index in [4.69, 9.17) is 23.7 Å². The third-order valence-electron chi connectivity index (χ3n) is 6.20. The molecule has 4 heterocycles. The van der Waals surface area contributed by atoms with E-state index in [0.717, 1.165) is 41.8 Å². The minimum Gasteiger partial charge on any atom is -0.493 e. The van der Waals surface area contributed by atoms with Gasteiger partial charge < -0.3 is 18.7 Å². The van der Waals surface area contributed by atoms with Gasteiger partial charge in [-0.3, -0.25) is 14.9 Å². The quantitative estimate of drug-likeness (QED) is 0.365. The summed E-state index contributed by atoms with van der Waals surface area (Å²) in [5.74, 6) is 3.01. The number of hydrogen-bond acceptors (Lipinski definition) is 9. The van der Waals surface area contributed by atoms with Crippen molar-refractivity contribution in [3.8, 4) is 39.9 Å². The van der Waals surface area contributed by atoms with E-state index in [9.17, 15) is 0 Å². The van der Waals surface area contributed by atoms with Gasteiger partial charge in [0.2, 0.25) is 17.5 Å². The first kappa shape index (κ1) is 22.8. The second-order valence-electron chi connectivity index (χ2n) is 8.29. The van der Waals surface area contributed by atoms with Crippen molar-refractivity contribution in [2.45, 2.75) is 25.4 Å². The number of benzene rings is 1. The van der Waals surface area contributed by atoms with Crippen LogP contribution in [0.4, 0.5) is 0 Å². The minimum atomic E-state index is 0.0411. The van der Waals surface area contributed by atoms with Gasteiger partial charge in [0.1, 0.15) is 0 Å². The molecule has 180 valence electrons. The lowest BCUT2D eigenvalue weighted by Crippen LogP contribution is -2.23. The van der Waals surface area contributed by atoms with Crippen LogP contribution in [0.1, 0.15) is 30.3 Å². The van der Waals surface area contributed by atoms with E-state index >= 15 is 0 Å². The second kappa shape index (κ2) is 10.1. The summed E-state index contributed by atoms with van der Waals surface area (Å²) < 4.78 is 22.2. The van der Waals surface area contributed by atoms with Crippen LogP contribution in [-0.4, -0.2) is 52.9 Å². The first-order chi connectivity index (χ1) is 17.2. The van der Waals surface area contributed by atoms with Gasteiger partial charge in [0.05, 0.1) is 33.1 Å². The molecule has 0 bridgehead atoms. The van der Waals surface area contributed by atoms with Crippen LogP contribution in [0.3, 0.4) is 0 Å². The van der Waals surface area contributed by atoms with E-state index in [-0.39, 0.29) is 6.04 Å². The molecule has 1 aliphatic rings. The molecule has 0 spiro atoms. The van der Waals surface area contributed by atoms with Crippen LogP contribution >= 0.6 is 0 Å². The van der Waals surface area contributed by atoms with Gasteiger partial charge >= 0.3 is 0 Å². The largest absolute Gasteiger partial charge is 0.493 e. The SMILES string of the molecule is COc1cc(CN2CCC[C@H]2c2nc(-c3ccc(-c4ccncc4)nc3)no2)cc(OC)c1OC. The van der Waals surface area contributed by atoms with Gasteiger partial charge in [-0.2, -0.15) is 4.98 Å². The first-order valence-electron chi connectivity index (χ1n) is 11.4. The van der Waals surface area contributed by atoms with Crippen LogP contribution in [0.2, 0.25) is 0 Å². The molecule has 1 atom stereocenters. The Balaban J connectivity index is 1.34. The van der Waals surface area contributed by atoms with Crippen molar-refractivity contribution in [2.75, 3.05) is 27.9 Å². The minimum absolute atomic E-state index is 0.0411. The molecular formula is C26H27N5O4. The third-order valence-corrected chi connectivity index (χ3v) is 6.20. The smallest absolute Gasteiger partial charge is 0.244 e. The summed E-state index contributed by atoms with van der Waals surface area (Å²) >= 11 is 0. The van der Waals surface area contributed by atoms with Crippen molar-refractivity contribution in [1.82, 2.24) is 25.0 Å². The Kier molecular flexibility index (Phi) is 6.58. The van der Waals surface area contributed by atoms with Gasteiger partial charge in [-0.1, -0.05) is 5.16 Å². The maximum atomic E-state index is 5.70. The average molecular weight is 474 g/mol. The Morgan fingerprint density at radius 2 is 1.74 bits per heavy atom. The Labute approximate surface area is 203 Å². The molecule has 5 rings (SSSR count). The van der Waals surface area contributed by atoms with Crippen molar-refractivity contribution in [3.63, 3.8) is 0 Å². The number of ether oxygens (including phenoxy) is 3. The van der Waals surface area contributed by atoms with E-state index in [1.807, 2.05) is 36.4 Å². The molecule has 4 aromatic rings. The molecule has 35 heavy (non-hydrogen) atoms. The number of pyridine rings is 2. The highest BCUT2D eigenvalue weighted by Crippen LogP contribution is 2.40. The number of likely N-dealkylation sites (tertiary alicyclic amines) is 1. The van der Waals surface area contributed by atoms with Crippen LogP contribution in [0, 0.1) is 0 Å². The molecule has 0 aliphatic carbocycles. The van der Waals surface area contributed by atoms with Crippen molar-refractivity contribution >= 4 is 0 Å². The zero-order valence-corrected chi connectivity index (χ0v) is 20.0. The molecule has 1 fully saturated rings. The van der Waals surface area contributed by atoms with Gasteiger partial charge in [-0.15, -0.1) is 0 Å². The van der Waals surface area contributed by atoms with E-state index < -0.39 is 0 Å². The summed E-state index contributed by atoms with van der Waals surface area (Å²) in [6.45, 7) is 1.63. The van der Waals surface area contributed by atoms with Gasteiger partial charge in [0.15, 0.2) is 11.5 Å². The average Bonchev–Trinajstić information content (AvgIpc) is 3.58. The summed E-state index contributed by atoms with van der Waals surface area (Å²) in [4.78, 5) is 15.7. The lowest BCUT2D eigenvalue weighted by atomic mass is 10.1. The van der Waals surface area contributed by atoms with Crippen molar-refractivity contribution in [2.24, 2.45) is 0 Å². The summed E-state index contributed by atoms with van der Waals surface area (Å²) in [5.41, 5.74) is 3.75. The summed E-state index contributed by atoms with van der Waals surface area (Å²) in [6.07, 6.45) is 7.27. The fourth-order valence-corrected chi connectivity index (χ4v) is 4.46. The highest BCUT2D eigenvalue weighted by Gasteiger charge is 2.31. The van der Waals surface area contributed by atoms with Gasteiger partial charge in [0.25, 0.3) is 0 Å². The Hall–Kier alpha value is -3.98. The Bertz CT molecular complexity index is 1250. The normalized spacial score (nSPS) is 15.8. The molecular weight excluding hydrogens is 446 g/mol. The topological polar surface area (TPSA) is 95.6 Å². The lowest BCUT2D eigenvalue weighted by molar-refractivity contribution is 0.200. The molecule has 3 aromatic heterocycles. The van der Waals surface area contributed by atoms with Crippen molar-refractivity contribution in [3.05, 3.63) is 66.4 Å². The van der Waals surface area contributed by atoms with Gasteiger partial charge in [-0.25, -0.2) is 0 Å². The predicted octanol–water partition coefficient (Wildman–Crippen LogP) is 4.56. The Morgan fingerprint density at radius 1 is 0.971 bits per heavy atom. The maximum Gasteiger partial charge on any atom is 0.244 e. The molecule has 0 amide bonds. The standard InChI is InChI=1S/C26H27N5O4/c1-32-22-13-17(14-23(33-2)24(22)34-3)16-31-12-4-5-21(31)26-29-25(30-35-26)19-6-7-20(28-15-19)18-8-10-27-11-9-18/h6-11,13-15,21H,4-5,12,16H2,1-3H3/t21-/m0/s1. The molecule has 9 heteroatoms. The van der Waals surface area contributed by atoms with E-state index in [1.54, 1.807) is 39.9 Å². The molecule has 0 radical (unpaired) electrons. The molecule has 1 saturated heterocycles. The molecule has 0 saturated carbocycles. The number of hydrogen-bond donors (Lipinski definition) is 0. The van der Waals surface area contributed by atoms with Gasteiger partial charge in [0, 0.05) is 36.3 Å². The highest BCUT2D eigenvalue weighted by atomic mass is 16.5. The van der Waals surface area contributed by atoms with Crippen LogP contribution in [0.25, 0.3) is 22.6 Å². The zero-order valence-electron chi connectivity index (χ0n) is 20.0. The summed E-state index contributed by atoms with van der Waals surface area (Å²) in [5, 5.41) is 4.23. The summed E-state index contributed by atoms with van der Waals surface area (Å²) in [6, 6.07) is 11.8. The Morgan fingerprint density at radius 3 is 2.40 bits per heavy atom. The summed E-state index contributed by atoms with van der Waals surface area (Å²) in [7, 11) is 4.85. The van der Waals surface area contributed by atoms with E-state index in [0.29, 0.717) is 35.5 Å². The van der Waals surface area contributed by atoms with Crippen LogP contribution in [0.5, 0.6) is 17.2 Å². The van der Waals surface area contributed by atoms with Gasteiger partial charge in [-0.05, 0) is 61.3 Å². The predicted molar refractivity (Wildman–Crippen MR) is 129 cm³/mol. The number of aromatic nitrogens is 4. The lowest BCUT2D eigenvalue weighted by Gasteiger charge is -2.22. The van der Waals surface area contributed by atoms with Crippen molar-refractivity contribution in [1.29, 1.82) is 0 Å². The molecule has 0 N–H and O–H groups in total. The zero-order chi connectivity index (χ0) is 24.2. The number of methoxy groups -OCH3 is 3. The number of rotatable bonds is 8. The third kappa shape index (κ3) is 4.67. The molecule has 9 nitrogen and oxygen atoms in total.